The Kier molecular flexibility index (Phi) is 2.98. The fourth-order valence-corrected chi connectivity index (χ4v) is 3.02. The second-order valence-corrected chi connectivity index (χ2v) is 5.52. The maximum atomic E-state index is 12.0. The van der Waals surface area contributed by atoms with E-state index in [-0.39, 0.29) is 12.5 Å². The molecule has 3 aromatic rings. The number of nitrogens with one attached hydrogen (secondary N) is 2. The molecule has 22 heavy (non-hydrogen) atoms. The molecule has 0 unspecified atom stereocenters. The van der Waals surface area contributed by atoms with E-state index < -0.39 is 0 Å². The molecule has 0 spiro atoms. The Morgan fingerprint density at radius 3 is 2.68 bits per heavy atom. The van der Waals surface area contributed by atoms with Crippen molar-refractivity contribution < 1.29 is 4.79 Å². The van der Waals surface area contributed by atoms with E-state index >= 15 is 0 Å². The van der Waals surface area contributed by atoms with Crippen molar-refractivity contribution in [2.45, 2.75) is 0 Å². The van der Waals surface area contributed by atoms with E-state index in [1.54, 1.807) is 0 Å². The van der Waals surface area contributed by atoms with E-state index in [9.17, 15) is 4.79 Å². The molecule has 108 valence electrons. The van der Waals surface area contributed by atoms with Crippen LogP contribution in [0.2, 0.25) is 5.02 Å². The normalized spacial score (nSPS) is 14.2. The van der Waals surface area contributed by atoms with Gasteiger partial charge in [-0.25, -0.2) is 0 Å². The highest BCUT2D eigenvalue weighted by Gasteiger charge is 2.23. The summed E-state index contributed by atoms with van der Waals surface area (Å²) in [5.41, 5.74) is 4.10. The lowest BCUT2D eigenvalue weighted by Gasteiger charge is -2.05. The van der Waals surface area contributed by atoms with Crippen LogP contribution < -0.4 is 5.32 Å². The first-order chi connectivity index (χ1) is 10.7. The molecule has 2 N–H and O–H groups in total. The molecule has 1 aromatic heterocycles. The van der Waals surface area contributed by atoms with Crippen LogP contribution in [0.5, 0.6) is 0 Å². The summed E-state index contributed by atoms with van der Waals surface area (Å²) in [4.78, 5) is 19.8. The Morgan fingerprint density at radius 1 is 1.05 bits per heavy atom. The highest BCUT2D eigenvalue weighted by molar-refractivity contribution is 6.38. The minimum Gasteiger partial charge on any atom is -0.351 e. The smallest absolute Gasteiger partial charge is 0.246 e. The van der Waals surface area contributed by atoms with E-state index in [1.165, 1.54) is 0 Å². The van der Waals surface area contributed by atoms with E-state index in [1.807, 2.05) is 48.5 Å². The SMILES string of the molecule is O=C1CN=C(c2ccccc2)c2[nH]c3cccc(Cl)c3c2N1. The molecule has 4 nitrogen and oxygen atoms in total. The lowest BCUT2D eigenvalue weighted by atomic mass is 10.1. The van der Waals surface area contributed by atoms with Crippen LogP contribution in [0.15, 0.2) is 53.5 Å². The monoisotopic (exact) mass is 309 g/mol. The number of H-pyrrole nitrogens is 1. The minimum absolute atomic E-state index is 0.0959. The summed E-state index contributed by atoms with van der Waals surface area (Å²) in [6, 6.07) is 15.4. The molecular weight excluding hydrogens is 298 g/mol. The zero-order chi connectivity index (χ0) is 15.1. The maximum absolute atomic E-state index is 12.0. The molecule has 0 bridgehead atoms. The van der Waals surface area contributed by atoms with Gasteiger partial charge >= 0.3 is 0 Å². The number of nitrogens with zero attached hydrogens (tertiary/aromatic N) is 1. The van der Waals surface area contributed by atoms with Gasteiger partial charge in [-0.1, -0.05) is 48.0 Å². The Bertz CT molecular complexity index is 912. The fraction of sp³-hybridized carbons (Fsp3) is 0.0588. The number of hydrogen-bond donors (Lipinski definition) is 2. The first-order valence-corrected chi connectivity index (χ1v) is 7.32. The second-order valence-electron chi connectivity index (χ2n) is 5.12. The first kappa shape index (κ1) is 13.1. The molecule has 1 amide bonds. The average molecular weight is 310 g/mol. The number of carbonyl (C=O) groups excluding carboxylic acids is 1. The number of fused-ring (bicyclic) bond motifs is 3. The summed E-state index contributed by atoms with van der Waals surface area (Å²) >= 11 is 6.32. The van der Waals surface area contributed by atoms with Crippen molar-refractivity contribution in [3.8, 4) is 0 Å². The van der Waals surface area contributed by atoms with E-state index in [0.29, 0.717) is 10.7 Å². The Balaban J connectivity index is 2.03. The molecule has 0 aliphatic carbocycles. The Morgan fingerprint density at radius 2 is 1.86 bits per heavy atom. The topological polar surface area (TPSA) is 57.2 Å². The molecule has 4 rings (SSSR count). The number of anilines is 1. The molecule has 0 radical (unpaired) electrons. The van der Waals surface area contributed by atoms with Gasteiger partial charge in [0.25, 0.3) is 0 Å². The maximum Gasteiger partial charge on any atom is 0.246 e. The third-order valence-electron chi connectivity index (χ3n) is 3.70. The molecule has 1 aliphatic heterocycles. The molecule has 0 fully saturated rings. The largest absolute Gasteiger partial charge is 0.351 e. The highest BCUT2D eigenvalue weighted by atomic mass is 35.5. The first-order valence-electron chi connectivity index (χ1n) is 6.94. The molecule has 2 heterocycles. The van der Waals surface area contributed by atoms with Gasteiger partial charge in [0, 0.05) is 16.5 Å². The summed E-state index contributed by atoms with van der Waals surface area (Å²) < 4.78 is 0. The van der Waals surface area contributed by atoms with Crippen molar-refractivity contribution in [1.29, 1.82) is 0 Å². The van der Waals surface area contributed by atoms with Gasteiger partial charge in [0.2, 0.25) is 5.91 Å². The van der Waals surface area contributed by atoms with Gasteiger partial charge in [-0.15, -0.1) is 0 Å². The number of amides is 1. The van der Waals surface area contributed by atoms with Crippen molar-refractivity contribution in [3.05, 3.63) is 64.8 Å². The molecule has 0 atom stereocenters. The van der Waals surface area contributed by atoms with Crippen LogP contribution in [0.3, 0.4) is 0 Å². The number of benzene rings is 2. The molecule has 0 saturated heterocycles. The number of aromatic amines is 1. The van der Waals surface area contributed by atoms with E-state index in [2.05, 4.69) is 15.3 Å². The van der Waals surface area contributed by atoms with Gasteiger partial charge in [0.15, 0.2) is 0 Å². The lowest BCUT2D eigenvalue weighted by Crippen LogP contribution is -2.13. The van der Waals surface area contributed by atoms with Gasteiger partial charge in [-0.05, 0) is 12.1 Å². The summed E-state index contributed by atoms with van der Waals surface area (Å²) in [5.74, 6) is -0.145. The third kappa shape index (κ3) is 2.00. The lowest BCUT2D eigenvalue weighted by molar-refractivity contribution is -0.114. The van der Waals surface area contributed by atoms with Crippen molar-refractivity contribution in [1.82, 2.24) is 4.98 Å². The summed E-state index contributed by atoms with van der Waals surface area (Å²) in [6.45, 7) is 0.0959. The summed E-state index contributed by atoms with van der Waals surface area (Å²) in [6.07, 6.45) is 0. The number of aromatic nitrogens is 1. The minimum atomic E-state index is -0.145. The van der Waals surface area contributed by atoms with E-state index in [4.69, 9.17) is 11.6 Å². The van der Waals surface area contributed by atoms with E-state index in [0.717, 1.165) is 27.9 Å². The van der Waals surface area contributed by atoms with Crippen molar-refractivity contribution in [3.63, 3.8) is 0 Å². The summed E-state index contributed by atoms with van der Waals surface area (Å²) in [7, 11) is 0. The zero-order valence-corrected chi connectivity index (χ0v) is 12.3. The molecule has 2 aromatic carbocycles. The van der Waals surface area contributed by atoms with Gasteiger partial charge in [-0.2, -0.15) is 0 Å². The van der Waals surface area contributed by atoms with Crippen molar-refractivity contribution in [2.75, 3.05) is 11.9 Å². The molecule has 1 aliphatic rings. The second kappa shape index (κ2) is 5.00. The molecule has 0 saturated carbocycles. The van der Waals surface area contributed by atoms with Crippen LogP contribution in [0.4, 0.5) is 5.69 Å². The van der Waals surface area contributed by atoms with Gasteiger partial charge in [0.05, 0.1) is 22.1 Å². The van der Waals surface area contributed by atoms with Crippen LogP contribution in [0, 0.1) is 0 Å². The zero-order valence-electron chi connectivity index (χ0n) is 11.6. The summed E-state index contributed by atoms with van der Waals surface area (Å²) in [5, 5.41) is 4.34. The number of aliphatic imine (C=N–C) groups is 1. The van der Waals surface area contributed by atoms with Crippen LogP contribution >= 0.6 is 11.6 Å². The Labute approximate surface area is 131 Å². The molecular formula is C17H12ClN3O. The fourth-order valence-electron chi connectivity index (χ4n) is 2.75. The Hall–Kier alpha value is -2.59. The number of carbonyl (C=O) groups is 1. The van der Waals surface area contributed by atoms with Gasteiger partial charge < -0.3 is 10.3 Å². The van der Waals surface area contributed by atoms with Crippen molar-refractivity contribution in [2.24, 2.45) is 4.99 Å². The van der Waals surface area contributed by atoms with Crippen LogP contribution in [0.1, 0.15) is 11.3 Å². The predicted molar refractivity (Wildman–Crippen MR) is 88.9 cm³/mol. The molecule has 5 heteroatoms. The number of halogens is 1. The standard InChI is InChI=1S/C17H12ClN3O/c18-11-7-4-8-12-14(11)16-17(20-12)15(19-9-13(22)21-16)10-5-2-1-3-6-10/h1-8,20H,9H2,(H,21,22). The predicted octanol–water partition coefficient (Wildman–Crippen LogP) is 3.61. The number of hydrogen-bond acceptors (Lipinski definition) is 2. The van der Waals surface area contributed by atoms with Gasteiger partial charge in [0.1, 0.15) is 6.54 Å². The third-order valence-corrected chi connectivity index (χ3v) is 4.02. The quantitative estimate of drug-likeness (QED) is 0.709. The van der Waals surface area contributed by atoms with Crippen molar-refractivity contribution >= 4 is 39.8 Å². The van der Waals surface area contributed by atoms with Crippen LogP contribution in [-0.2, 0) is 4.79 Å². The van der Waals surface area contributed by atoms with Crippen LogP contribution in [-0.4, -0.2) is 23.1 Å². The number of rotatable bonds is 1. The van der Waals surface area contributed by atoms with Gasteiger partial charge in [-0.3, -0.25) is 9.79 Å². The van der Waals surface area contributed by atoms with Crippen LogP contribution in [0.25, 0.3) is 10.9 Å². The average Bonchev–Trinajstić information content (AvgIpc) is 2.80. The highest BCUT2D eigenvalue weighted by Crippen LogP contribution is 2.35.